The third-order valence-electron chi connectivity index (χ3n) is 4.14. The molecule has 2 unspecified atom stereocenters. The maximum Gasteiger partial charge on any atom is 0.319 e. The van der Waals surface area contributed by atoms with E-state index in [-0.39, 0.29) is 18.0 Å². The number of nitrogens with zero attached hydrogens (tertiary/aromatic N) is 2. The van der Waals surface area contributed by atoms with Crippen LogP contribution in [0.4, 0.5) is 20.6 Å². The highest BCUT2D eigenvalue weighted by atomic mass is 19.1. The van der Waals surface area contributed by atoms with Crippen molar-refractivity contribution in [1.29, 1.82) is 0 Å². The second-order valence-electron chi connectivity index (χ2n) is 6.50. The Kier molecular flexibility index (Phi) is 5.68. The topological polar surface area (TPSA) is 66.5 Å². The van der Waals surface area contributed by atoms with Gasteiger partial charge in [0.05, 0.1) is 17.9 Å². The highest BCUT2D eigenvalue weighted by Gasteiger charge is 2.24. The van der Waals surface area contributed by atoms with Crippen molar-refractivity contribution in [3.63, 3.8) is 0 Å². The molecule has 1 aliphatic rings. The minimum atomic E-state index is -0.394. The number of carbonyl (C=O) groups excluding carboxylic acids is 1. The molecule has 7 heteroatoms. The van der Waals surface area contributed by atoms with Crippen LogP contribution >= 0.6 is 0 Å². The van der Waals surface area contributed by atoms with Gasteiger partial charge >= 0.3 is 6.03 Å². The summed E-state index contributed by atoms with van der Waals surface area (Å²) in [6.07, 6.45) is 3.45. The van der Waals surface area contributed by atoms with Crippen molar-refractivity contribution in [3.8, 4) is 0 Å². The van der Waals surface area contributed by atoms with Crippen LogP contribution in [-0.2, 0) is 11.3 Å². The number of urea groups is 1. The van der Waals surface area contributed by atoms with E-state index in [2.05, 4.69) is 15.6 Å². The van der Waals surface area contributed by atoms with E-state index < -0.39 is 6.03 Å². The highest BCUT2D eigenvalue weighted by Crippen LogP contribution is 2.26. The zero-order valence-corrected chi connectivity index (χ0v) is 14.9. The summed E-state index contributed by atoms with van der Waals surface area (Å²) >= 11 is 0. The van der Waals surface area contributed by atoms with Gasteiger partial charge in [0.2, 0.25) is 0 Å². The number of anilines is 2. The Morgan fingerprint density at radius 1 is 1.31 bits per heavy atom. The lowest BCUT2D eigenvalue weighted by atomic mass is 10.2. The molecular formula is C19H23FN4O2. The molecule has 2 aromatic rings. The molecule has 0 aliphatic carbocycles. The lowest BCUT2D eigenvalue weighted by Gasteiger charge is -2.37. The highest BCUT2D eigenvalue weighted by molar-refractivity contribution is 5.89. The molecular weight excluding hydrogens is 335 g/mol. The Morgan fingerprint density at radius 2 is 2.08 bits per heavy atom. The molecule has 0 spiro atoms. The minimum Gasteiger partial charge on any atom is -0.372 e. The number of amides is 2. The average Bonchev–Trinajstić information content (AvgIpc) is 2.60. The van der Waals surface area contributed by atoms with Crippen molar-refractivity contribution in [2.45, 2.75) is 32.6 Å². The van der Waals surface area contributed by atoms with Gasteiger partial charge in [-0.2, -0.15) is 0 Å². The van der Waals surface area contributed by atoms with Gasteiger partial charge in [-0.25, -0.2) is 9.18 Å². The van der Waals surface area contributed by atoms with E-state index in [1.807, 2.05) is 24.8 Å². The van der Waals surface area contributed by atoms with Crippen LogP contribution in [0.1, 0.15) is 19.4 Å². The van der Waals surface area contributed by atoms with Crippen LogP contribution in [0.5, 0.6) is 0 Å². The summed E-state index contributed by atoms with van der Waals surface area (Å²) in [6, 6.07) is 8.00. The molecule has 2 atom stereocenters. The van der Waals surface area contributed by atoms with E-state index in [9.17, 15) is 9.18 Å². The number of hydrogen-bond acceptors (Lipinski definition) is 4. The number of morpholine rings is 1. The molecule has 1 aromatic carbocycles. The Labute approximate surface area is 152 Å². The van der Waals surface area contributed by atoms with Gasteiger partial charge in [-0.1, -0.05) is 6.07 Å². The fraction of sp³-hybridized carbons (Fsp3) is 0.368. The summed E-state index contributed by atoms with van der Waals surface area (Å²) in [5.41, 5.74) is 1.82. The molecule has 6 nitrogen and oxygen atoms in total. The van der Waals surface area contributed by atoms with E-state index in [0.29, 0.717) is 31.0 Å². The molecule has 1 saturated heterocycles. The fourth-order valence-corrected chi connectivity index (χ4v) is 3.08. The predicted octanol–water partition coefficient (Wildman–Crippen LogP) is 3.16. The second-order valence-corrected chi connectivity index (χ2v) is 6.50. The number of carbonyl (C=O) groups is 1. The zero-order valence-electron chi connectivity index (χ0n) is 14.9. The number of hydrogen-bond donors (Lipinski definition) is 2. The number of pyridine rings is 1. The van der Waals surface area contributed by atoms with Crippen molar-refractivity contribution in [3.05, 3.63) is 54.1 Å². The van der Waals surface area contributed by atoms with E-state index >= 15 is 0 Å². The smallest absolute Gasteiger partial charge is 0.319 e. The Bertz CT molecular complexity index is 746. The van der Waals surface area contributed by atoms with Crippen molar-refractivity contribution < 1.29 is 13.9 Å². The van der Waals surface area contributed by atoms with Crippen molar-refractivity contribution >= 4 is 17.4 Å². The standard InChI is InChI=1S/C19H23FN4O2/c1-13-11-24(12-14(2)26-13)18-6-5-16(8-17(18)20)23-19(25)22-10-15-4-3-7-21-9-15/h3-9,13-14H,10-12H2,1-2H3,(H2,22,23,25). The summed E-state index contributed by atoms with van der Waals surface area (Å²) < 4.78 is 20.2. The normalized spacial score (nSPS) is 19.9. The number of aromatic nitrogens is 1. The molecule has 2 N–H and O–H groups in total. The van der Waals surface area contributed by atoms with E-state index in [1.165, 1.54) is 6.07 Å². The Morgan fingerprint density at radius 3 is 2.73 bits per heavy atom. The van der Waals surface area contributed by atoms with Gasteiger partial charge < -0.3 is 20.3 Å². The summed E-state index contributed by atoms with van der Waals surface area (Å²) in [5.74, 6) is -0.364. The molecule has 138 valence electrons. The van der Waals surface area contributed by atoms with Crippen molar-refractivity contribution in [1.82, 2.24) is 10.3 Å². The van der Waals surface area contributed by atoms with Crippen LogP contribution in [0.15, 0.2) is 42.7 Å². The molecule has 2 amide bonds. The van der Waals surface area contributed by atoms with Crippen LogP contribution in [0.2, 0.25) is 0 Å². The lowest BCUT2D eigenvalue weighted by Crippen LogP contribution is -2.45. The molecule has 0 saturated carbocycles. The molecule has 2 heterocycles. The molecule has 1 fully saturated rings. The van der Waals surface area contributed by atoms with Gasteiger partial charge in [-0.15, -0.1) is 0 Å². The van der Waals surface area contributed by atoms with Crippen LogP contribution < -0.4 is 15.5 Å². The molecule has 26 heavy (non-hydrogen) atoms. The molecule has 1 aromatic heterocycles. The van der Waals surface area contributed by atoms with E-state index in [4.69, 9.17) is 4.74 Å². The first-order chi connectivity index (χ1) is 12.5. The number of nitrogens with one attached hydrogen (secondary N) is 2. The summed E-state index contributed by atoms with van der Waals surface area (Å²) in [4.78, 5) is 17.9. The van der Waals surface area contributed by atoms with Crippen LogP contribution in [0, 0.1) is 5.82 Å². The van der Waals surface area contributed by atoms with Crippen molar-refractivity contribution in [2.24, 2.45) is 0 Å². The fourth-order valence-electron chi connectivity index (χ4n) is 3.08. The Balaban J connectivity index is 1.59. The lowest BCUT2D eigenvalue weighted by molar-refractivity contribution is -0.00539. The molecule has 0 bridgehead atoms. The third-order valence-corrected chi connectivity index (χ3v) is 4.14. The van der Waals surface area contributed by atoms with Gasteiger partial charge in [0, 0.05) is 37.7 Å². The molecule has 3 rings (SSSR count). The first kappa shape index (κ1) is 18.1. The van der Waals surface area contributed by atoms with Crippen LogP contribution in [-0.4, -0.2) is 36.3 Å². The monoisotopic (exact) mass is 358 g/mol. The first-order valence-corrected chi connectivity index (χ1v) is 8.65. The summed E-state index contributed by atoms with van der Waals surface area (Å²) in [6.45, 7) is 5.58. The number of rotatable bonds is 4. The number of benzene rings is 1. The summed E-state index contributed by atoms with van der Waals surface area (Å²) in [7, 11) is 0. The zero-order chi connectivity index (χ0) is 18.5. The maximum atomic E-state index is 14.5. The Hall–Kier alpha value is -2.67. The van der Waals surface area contributed by atoms with Crippen molar-refractivity contribution in [2.75, 3.05) is 23.3 Å². The minimum absolute atomic E-state index is 0.0502. The van der Waals surface area contributed by atoms with Gasteiger partial charge in [0.25, 0.3) is 0 Å². The first-order valence-electron chi connectivity index (χ1n) is 8.65. The van der Waals surface area contributed by atoms with Gasteiger partial charge in [-0.3, -0.25) is 4.98 Å². The van der Waals surface area contributed by atoms with Crippen LogP contribution in [0.3, 0.4) is 0 Å². The largest absolute Gasteiger partial charge is 0.372 e. The summed E-state index contributed by atoms with van der Waals surface area (Å²) in [5, 5.41) is 5.36. The van der Waals surface area contributed by atoms with Gasteiger partial charge in [-0.05, 0) is 43.7 Å². The number of halogens is 1. The average molecular weight is 358 g/mol. The molecule has 0 radical (unpaired) electrons. The number of ether oxygens (including phenoxy) is 1. The van der Waals surface area contributed by atoms with E-state index in [0.717, 1.165) is 5.56 Å². The SMILES string of the molecule is CC1CN(c2ccc(NC(=O)NCc3cccnc3)cc2F)CC(C)O1. The second kappa shape index (κ2) is 8.14. The predicted molar refractivity (Wildman–Crippen MR) is 98.7 cm³/mol. The van der Waals surface area contributed by atoms with Gasteiger partial charge in [0.1, 0.15) is 5.82 Å². The molecule has 1 aliphatic heterocycles. The maximum absolute atomic E-state index is 14.5. The quantitative estimate of drug-likeness (QED) is 0.881. The van der Waals surface area contributed by atoms with Gasteiger partial charge in [0.15, 0.2) is 0 Å². The third kappa shape index (κ3) is 4.70. The van der Waals surface area contributed by atoms with Crippen LogP contribution in [0.25, 0.3) is 0 Å². The van der Waals surface area contributed by atoms with E-state index in [1.54, 1.807) is 30.6 Å².